The maximum atomic E-state index is 12.4. The van der Waals surface area contributed by atoms with E-state index in [0.717, 1.165) is 24.0 Å². The van der Waals surface area contributed by atoms with E-state index in [1.807, 2.05) is 60.7 Å². The normalized spacial score (nSPS) is 18.7. The summed E-state index contributed by atoms with van der Waals surface area (Å²) in [5.41, 5.74) is 1.79. The third-order valence-corrected chi connectivity index (χ3v) is 4.24. The van der Waals surface area contributed by atoms with E-state index in [1.54, 1.807) is 4.90 Å². The van der Waals surface area contributed by atoms with Gasteiger partial charge in [-0.05, 0) is 24.0 Å². The van der Waals surface area contributed by atoms with E-state index in [9.17, 15) is 9.90 Å². The van der Waals surface area contributed by atoms with Gasteiger partial charge in [0, 0.05) is 6.54 Å². The van der Waals surface area contributed by atoms with Gasteiger partial charge in [-0.2, -0.15) is 0 Å². The number of likely N-dealkylation sites (tertiary alicyclic amines) is 1. The summed E-state index contributed by atoms with van der Waals surface area (Å²) in [5, 5.41) is 10.6. The van der Waals surface area contributed by atoms with Crippen LogP contribution in [0.1, 0.15) is 30.1 Å². The van der Waals surface area contributed by atoms with Crippen molar-refractivity contribution in [3.63, 3.8) is 0 Å². The van der Waals surface area contributed by atoms with Gasteiger partial charge in [0.1, 0.15) is 6.61 Å². The molecule has 3 rings (SSSR count). The number of hydrogen-bond donors (Lipinski definition) is 1. The minimum absolute atomic E-state index is 0.222. The highest BCUT2D eigenvalue weighted by Gasteiger charge is 2.35. The second-order valence-electron chi connectivity index (χ2n) is 5.80. The molecule has 1 aliphatic rings. The summed E-state index contributed by atoms with van der Waals surface area (Å²) in [4.78, 5) is 14.0. The van der Waals surface area contributed by atoms with Crippen molar-refractivity contribution < 1.29 is 14.6 Å². The van der Waals surface area contributed by atoms with Gasteiger partial charge in [-0.25, -0.2) is 4.79 Å². The van der Waals surface area contributed by atoms with E-state index in [1.165, 1.54) is 0 Å². The zero-order valence-electron chi connectivity index (χ0n) is 13.0. The maximum Gasteiger partial charge on any atom is 0.410 e. The number of aliphatic hydroxyl groups is 1. The molecule has 1 aliphatic heterocycles. The van der Waals surface area contributed by atoms with Crippen molar-refractivity contribution >= 4 is 6.09 Å². The molecule has 1 amide bonds. The first-order valence-corrected chi connectivity index (χ1v) is 7.96. The first-order valence-electron chi connectivity index (χ1n) is 7.96. The summed E-state index contributed by atoms with van der Waals surface area (Å²) >= 11 is 0. The Labute approximate surface area is 136 Å². The lowest BCUT2D eigenvalue weighted by molar-refractivity contribution is 0.0478. The number of hydrogen-bond acceptors (Lipinski definition) is 3. The molecule has 4 heteroatoms. The quantitative estimate of drug-likeness (QED) is 0.940. The average molecular weight is 311 g/mol. The second kappa shape index (κ2) is 7.29. The van der Waals surface area contributed by atoms with Gasteiger partial charge in [0.05, 0.1) is 12.1 Å². The summed E-state index contributed by atoms with van der Waals surface area (Å²) < 4.78 is 5.40. The van der Waals surface area contributed by atoms with Crippen LogP contribution in [0.5, 0.6) is 0 Å². The molecule has 1 heterocycles. The Morgan fingerprint density at radius 2 is 1.78 bits per heavy atom. The summed E-state index contributed by atoms with van der Waals surface area (Å²) in [6, 6.07) is 18.9. The monoisotopic (exact) mass is 311 g/mol. The average Bonchev–Trinajstić information content (AvgIpc) is 3.10. The number of ether oxygens (including phenoxy) is 1. The highest BCUT2D eigenvalue weighted by atomic mass is 16.6. The summed E-state index contributed by atoms with van der Waals surface area (Å²) in [6.07, 6.45) is 0.639. The number of rotatable bonds is 4. The molecule has 0 bridgehead atoms. The predicted octanol–water partition coefficient (Wildman–Crippen LogP) is 3.52. The zero-order valence-corrected chi connectivity index (χ0v) is 13.0. The van der Waals surface area contributed by atoms with E-state index in [4.69, 9.17) is 4.74 Å². The standard InChI is InChI=1S/C19H21NO3/c21-18(16-10-5-2-6-11-16)17-12-7-13-20(17)19(22)23-14-15-8-3-1-4-9-15/h1-6,8-11,17-18,21H,7,12-14H2. The molecule has 2 aromatic rings. The van der Waals surface area contributed by atoms with Gasteiger partial charge in [-0.1, -0.05) is 60.7 Å². The van der Waals surface area contributed by atoms with Gasteiger partial charge in [0.2, 0.25) is 0 Å². The molecule has 1 N–H and O–H groups in total. The minimum Gasteiger partial charge on any atom is -0.445 e. The topological polar surface area (TPSA) is 49.8 Å². The van der Waals surface area contributed by atoms with E-state index >= 15 is 0 Å². The zero-order chi connectivity index (χ0) is 16.1. The van der Waals surface area contributed by atoms with Crippen molar-refractivity contribution in [3.8, 4) is 0 Å². The summed E-state index contributed by atoms with van der Waals surface area (Å²) in [6.45, 7) is 0.881. The van der Waals surface area contributed by atoms with Gasteiger partial charge in [-0.15, -0.1) is 0 Å². The van der Waals surface area contributed by atoms with Crippen molar-refractivity contribution in [1.29, 1.82) is 0 Å². The molecule has 2 unspecified atom stereocenters. The van der Waals surface area contributed by atoms with Gasteiger partial charge in [-0.3, -0.25) is 0 Å². The number of benzene rings is 2. The fourth-order valence-corrected chi connectivity index (χ4v) is 3.02. The molecule has 0 saturated carbocycles. The fraction of sp³-hybridized carbons (Fsp3) is 0.316. The molecule has 1 fully saturated rings. The number of amides is 1. The lowest BCUT2D eigenvalue weighted by Gasteiger charge is -2.28. The van der Waals surface area contributed by atoms with Crippen molar-refractivity contribution in [3.05, 3.63) is 71.8 Å². The van der Waals surface area contributed by atoms with Crippen LogP contribution in [-0.4, -0.2) is 28.7 Å². The second-order valence-corrected chi connectivity index (χ2v) is 5.80. The van der Waals surface area contributed by atoms with Crippen molar-refractivity contribution in [1.82, 2.24) is 4.90 Å². The third-order valence-electron chi connectivity index (χ3n) is 4.24. The van der Waals surface area contributed by atoms with E-state index in [2.05, 4.69) is 0 Å². The number of carbonyl (C=O) groups excluding carboxylic acids is 1. The number of nitrogens with zero attached hydrogens (tertiary/aromatic N) is 1. The maximum absolute atomic E-state index is 12.4. The van der Waals surface area contributed by atoms with Crippen LogP contribution >= 0.6 is 0 Å². The molecule has 0 aromatic heterocycles. The van der Waals surface area contributed by atoms with Crippen LogP contribution in [-0.2, 0) is 11.3 Å². The van der Waals surface area contributed by atoms with E-state index in [-0.39, 0.29) is 18.7 Å². The van der Waals surface area contributed by atoms with Gasteiger partial charge < -0.3 is 14.7 Å². The molecule has 0 aliphatic carbocycles. The first kappa shape index (κ1) is 15.6. The Bertz CT molecular complexity index is 630. The first-order chi connectivity index (χ1) is 11.3. The van der Waals surface area contributed by atoms with Crippen LogP contribution in [0, 0.1) is 0 Å². The highest BCUT2D eigenvalue weighted by molar-refractivity contribution is 5.68. The van der Waals surface area contributed by atoms with E-state index in [0.29, 0.717) is 6.54 Å². The molecule has 1 saturated heterocycles. The third kappa shape index (κ3) is 3.71. The lowest BCUT2D eigenvalue weighted by atomic mass is 10.0. The van der Waals surface area contributed by atoms with Crippen LogP contribution in [0.15, 0.2) is 60.7 Å². The van der Waals surface area contributed by atoms with Gasteiger partial charge >= 0.3 is 6.09 Å². The predicted molar refractivity (Wildman–Crippen MR) is 87.8 cm³/mol. The lowest BCUT2D eigenvalue weighted by Crippen LogP contribution is -2.39. The molecule has 0 spiro atoms. The molecule has 4 nitrogen and oxygen atoms in total. The molecule has 2 aromatic carbocycles. The van der Waals surface area contributed by atoms with Crippen molar-refractivity contribution in [2.75, 3.05) is 6.54 Å². The molecule has 2 atom stereocenters. The Kier molecular flexibility index (Phi) is 4.93. The molecular weight excluding hydrogens is 290 g/mol. The highest BCUT2D eigenvalue weighted by Crippen LogP contribution is 2.29. The van der Waals surface area contributed by atoms with Crippen molar-refractivity contribution in [2.24, 2.45) is 0 Å². The van der Waals surface area contributed by atoms with E-state index < -0.39 is 6.10 Å². The van der Waals surface area contributed by atoms with Gasteiger partial charge in [0.15, 0.2) is 0 Å². The molecular formula is C19H21NO3. The van der Waals surface area contributed by atoms with Crippen LogP contribution in [0.3, 0.4) is 0 Å². The molecule has 0 radical (unpaired) electrons. The minimum atomic E-state index is -0.678. The Morgan fingerprint density at radius 3 is 2.48 bits per heavy atom. The summed E-state index contributed by atoms with van der Waals surface area (Å²) in [7, 11) is 0. The number of carbonyl (C=O) groups is 1. The largest absolute Gasteiger partial charge is 0.445 e. The van der Waals surface area contributed by atoms with Crippen molar-refractivity contribution in [2.45, 2.75) is 31.6 Å². The van der Waals surface area contributed by atoms with Crippen LogP contribution in [0.2, 0.25) is 0 Å². The van der Waals surface area contributed by atoms with Gasteiger partial charge in [0.25, 0.3) is 0 Å². The SMILES string of the molecule is O=C(OCc1ccccc1)N1CCCC1C(O)c1ccccc1. The number of aliphatic hydroxyl groups excluding tert-OH is 1. The fourth-order valence-electron chi connectivity index (χ4n) is 3.02. The van der Waals surface area contributed by atoms with Crippen LogP contribution < -0.4 is 0 Å². The van der Waals surface area contributed by atoms with Crippen LogP contribution in [0.25, 0.3) is 0 Å². The Morgan fingerprint density at radius 1 is 1.13 bits per heavy atom. The summed E-state index contributed by atoms with van der Waals surface area (Å²) in [5.74, 6) is 0. The molecule has 23 heavy (non-hydrogen) atoms. The van der Waals surface area contributed by atoms with Crippen LogP contribution in [0.4, 0.5) is 4.79 Å². The Hall–Kier alpha value is -2.33. The smallest absolute Gasteiger partial charge is 0.410 e. The molecule has 120 valence electrons. The Balaban J connectivity index is 1.63.